The number of Topliss-reactive ketones (excluding diaryl/α,β-unsaturated/α-hetero) is 1. The molecule has 6 N–H and O–H groups in total. The van der Waals surface area contributed by atoms with Gasteiger partial charge in [-0.3, -0.25) is 19.4 Å². The molecule has 23 heteroatoms. The number of hydrogen-bond donors (Lipinski definition) is 4. The average molecular weight is 1200 g/mol. The summed E-state index contributed by atoms with van der Waals surface area (Å²) >= 11 is 10.9. The van der Waals surface area contributed by atoms with Crippen LogP contribution in [0.4, 0.5) is 42.5 Å². The molecule has 5 heterocycles. The third-order valence-corrected chi connectivity index (χ3v) is 15.8. The van der Waals surface area contributed by atoms with E-state index in [1.54, 1.807) is 0 Å². The van der Waals surface area contributed by atoms with Gasteiger partial charge in [-0.05, 0) is 129 Å². The molecule has 4 saturated heterocycles. The second kappa shape index (κ2) is 30.9. The number of carbonyl (C=O) groups excluding carboxylic acids is 2. The summed E-state index contributed by atoms with van der Waals surface area (Å²) in [5.41, 5.74) is 16.6. The molecule has 0 bridgehead atoms. The highest BCUT2D eigenvalue weighted by Crippen LogP contribution is 2.32. The smallest absolute Gasteiger partial charge is 0.206 e. The lowest BCUT2D eigenvalue weighted by molar-refractivity contribution is 0.0115. The van der Waals surface area contributed by atoms with Crippen LogP contribution in [0, 0.1) is 11.6 Å². The molecule has 4 fully saturated rings. The van der Waals surface area contributed by atoms with Crippen LogP contribution < -0.4 is 41.4 Å². The number of thioether (sulfide) groups is 1. The number of nitrogen functional groups attached to an aromatic ring is 1. The maximum atomic E-state index is 14.0. The highest BCUT2D eigenvalue weighted by Gasteiger charge is 2.28. The highest BCUT2D eigenvalue weighted by atomic mass is 79.9. The Balaban J connectivity index is 0.000000206. The van der Waals surface area contributed by atoms with E-state index in [1.165, 1.54) is 80.5 Å². The van der Waals surface area contributed by atoms with Gasteiger partial charge in [0, 0.05) is 98.3 Å². The number of nitrogens with one attached hydrogen (secondary N) is 2. The third kappa shape index (κ3) is 17.7. The van der Waals surface area contributed by atoms with E-state index in [0.29, 0.717) is 33.1 Å². The van der Waals surface area contributed by atoms with Gasteiger partial charge in [0.2, 0.25) is 5.78 Å². The van der Waals surface area contributed by atoms with Crippen molar-refractivity contribution in [3.63, 3.8) is 0 Å². The van der Waals surface area contributed by atoms with Gasteiger partial charge in [-0.2, -0.15) is 14.9 Å². The number of halogens is 3. The Kier molecular flexibility index (Phi) is 24.6. The van der Waals surface area contributed by atoms with Gasteiger partial charge in [-0.15, -0.1) is 0 Å². The summed E-state index contributed by atoms with van der Waals surface area (Å²) in [7, 11) is 2.75. The molecule has 1 aromatic heterocycles. The molecule has 0 saturated carbocycles. The van der Waals surface area contributed by atoms with E-state index < -0.39 is 11.6 Å². The molecule has 0 radical (unpaired) electrons. The van der Waals surface area contributed by atoms with E-state index in [0.717, 1.165) is 126 Å². The number of aromatic nitrogens is 1. The Bertz CT molecular complexity index is 2720. The zero-order valence-electron chi connectivity index (χ0n) is 43.8. The molecule has 77 heavy (non-hydrogen) atoms. The summed E-state index contributed by atoms with van der Waals surface area (Å²) in [6.07, 6.45) is 4.75. The number of methoxy groups -OCH3 is 2. The fourth-order valence-corrected chi connectivity index (χ4v) is 11.3. The van der Waals surface area contributed by atoms with Crippen molar-refractivity contribution in [2.75, 3.05) is 130 Å². The summed E-state index contributed by atoms with van der Waals surface area (Å²) in [5.74, 6) is -0.429. The second-order valence-corrected chi connectivity index (χ2v) is 21.3. The molecule has 9 rings (SSSR count). The quantitative estimate of drug-likeness (QED) is 0.0206. The summed E-state index contributed by atoms with van der Waals surface area (Å²) in [6, 6.07) is 26.2. The number of nitrogens with zero attached hydrogens (tertiary/aromatic N) is 6. The number of carbonyl (C=O) groups is 2. The summed E-state index contributed by atoms with van der Waals surface area (Å²) in [6.45, 7) is 14.0. The Morgan fingerprint density at radius 2 is 1.23 bits per heavy atom. The zero-order chi connectivity index (χ0) is 54.0. The maximum Gasteiger partial charge on any atom is 0.206 e. The molecule has 16 nitrogen and oxygen atoms in total. The molecule has 0 aliphatic carbocycles. The lowest BCUT2D eigenvalue weighted by Gasteiger charge is -2.40. The van der Waals surface area contributed by atoms with Crippen LogP contribution >= 0.6 is 61.1 Å². The lowest BCUT2D eigenvalue weighted by Crippen LogP contribution is -2.49. The first-order chi connectivity index (χ1) is 36.8. The number of nitrogens with two attached hydrogens (primary N) is 2. The zero-order valence-corrected chi connectivity index (χ0v) is 49.3. The first kappa shape index (κ1) is 61.2. The topological polar surface area (TPSA) is 185 Å². The van der Waals surface area contributed by atoms with E-state index in [-0.39, 0.29) is 54.6 Å². The van der Waals surface area contributed by atoms with Gasteiger partial charge in [-0.25, -0.2) is 13.8 Å². The van der Waals surface area contributed by atoms with Crippen molar-refractivity contribution in [1.82, 2.24) is 14.8 Å². The van der Waals surface area contributed by atoms with Crippen LogP contribution in [0.2, 0.25) is 0 Å². The fraction of sp³-hybridized carbons (Fsp3) is 0.426. The molecule has 4 aromatic carbocycles. The van der Waals surface area contributed by atoms with E-state index >= 15 is 0 Å². The normalized spacial score (nSPS) is 16.7. The molecule has 1 unspecified atom stereocenters. The SMILES string of the molecule is CCSC(N)=NC(=S)Nc1ccc(N2CCC(N3CCOCC3)CC2)cc1.COc1ccc(C(=O)CBr)cc1F.COc1ccc(C(=O)c2sc(Nc3ccc(N4CCC(N5CCOCC5)CC4)cc3)nc2N)cc1F.P. The van der Waals surface area contributed by atoms with Crippen molar-refractivity contribution in [3.05, 3.63) is 113 Å². The molecule has 0 amide bonds. The Morgan fingerprint density at radius 1 is 0.766 bits per heavy atom. The van der Waals surface area contributed by atoms with Gasteiger partial charge >= 0.3 is 0 Å². The predicted octanol–water partition coefficient (Wildman–Crippen LogP) is 9.37. The van der Waals surface area contributed by atoms with Crippen LogP contribution in [0.5, 0.6) is 11.5 Å². The number of thiocarbonyl (C=S) groups is 1. The average Bonchev–Trinajstić information content (AvgIpc) is 3.82. The summed E-state index contributed by atoms with van der Waals surface area (Å²) in [4.78, 5) is 42.8. The van der Waals surface area contributed by atoms with Crippen molar-refractivity contribution in [3.8, 4) is 11.5 Å². The Labute approximate surface area is 475 Å². The summed E-state index contributed by atoms with van der Waals surface area (Å²) < 4.78 is 47.7. The molecule has 0 spiro atoms. The number of morpholine rings is 2. The molecular weight excluding hydrogens is 1130 g/mol. The number of piperidine rings is 2. The molecule has 4 aliphatic rings. The number of rotatable bonds is 14. The molecule has 5 aromatic rings. The van der Waals surface area contributed by atoms with Crippen molar-refractivity contribution < 1.29 is 37.3 Å². The first-order valence-corrected chi connectivity index (χ1v) is 28.6. The Hall–Kier alpha value is -5.03. The summed E-state index contributed by atoms with van der Waals surface area (Å²) in [5, 5.41) is 7.94. The van der Waals surface area contributed by atoms with Gasteiger partial charge in [0.1, 0.15) is 10.7 Å². The van der Waals surface area contributed by atoms with Gasteiger partial charge < -0.3 is 50.8 Å². The number of aliphatic imine (C=N–C) groups is 1. The van der Waals surface area contributed by atoms with Crippen LogP contribution in [0.1, 0.15) is 58.2 Å². The van der Waals surface area contributed by atoms with Crippen molar-refractivity contribution in [1.29, 1.82) is 0 Å². The number of ether oxygens (including phenoxy) is 4. The van der Waals surface area contributed by atoms with Crippen molar-refractivity contribution >= 4 is 117 Å². The monoisotopic (exact) mass is 1200 g/mol. The van der Waals surface area contributed by atoms with Gasteiger partial charge in [0.25, 0.3) is 0 Å². The second-order valence-electron chi connectivity index (χ2n) is 18.1. The van der Waals surface area contributed by atoms with Gasteiger partial charge in [0.05, 0.1) is 46.0 Å². The first-order valence-electron chi connectivity index (χ1n) is 25.3. The van der Waals surface area contributed by atoms with Crippen molar-refractivity contribution in [2.24, 2.45) is 10.7 Å². The van der Waals surface area contributed by atoms with Gasteiger partial charge in [0.15, 0.2) is 44.3 Å². The standard InChI is InChI=1S/C26H30FN5O3S.C19H29N5OS2.C9H8BrFO2.H3P/c1-34-22-7-2-17(16-21(22)27)23(33)24-25(28)30-26(36-24)29-18-3-5-19(6-4-18)31-10-8-20(9-11-31)32-12-14-35-15-13-32;1-2-27-18(20)22-19(26)21-15-3-5-16(6-4-15)23-9-7-17(8-10-23)24-11-13-25-14-12-24;1-13-9-3-2-6(4-7(9)11)8(12)5-10;/h2-7,16,20H,8-15,28H2,1H3,(H,29,30);3-6,17H,2,7-14H2,1H3,(H3,20,21,22,26);2-4H,5H2,1H3;1H3. The highest BCUT2D eigenvalue weighted by molar-refractivity contribution is 9.09. The fourth-order valence-electron chi connectivity index (χ4n) is 9.33. The number of benzene rings is 4. The molecular formula is C54H70BrF2N10O6PS3. The largest absolute Gasteiger partial charge is 0.494 e. The van der Waals surface area contributed by atoms with E-state index in [4.69, 9.17) is 42.6 Å². The number of ketones is 2. The molecule has 1 atom stereocenters. The third-order valence-electron chi connectivity index (χ3n) is 13.4. The van der Waals surface area contributed by atoms with Crippen LogP contribution in [0.15, 0.2) is 89.9 Å². The van der Waals surface area contributed by atoms with E-state index in [2.05, 4.69) is 80.4 Å². The number of thiazole rings is 1. The van der Waals surface area contributed by atoms with Gasteiger partial charge in [-0.1, -0.05) is 46.0 Å². The maximum absolute atomic E-state index is 14.0. The van der Waals surface area contributed by atoms with Crippen molar-refractivity contribution in [2.45, 2.75) is 44.7 Å². The van der Waals surface area contributed by atoms with Crippen LogP contribution in [0.3, 0.4) is 0 Å². The number of hydrogen-bond acceptors (Lipinski definition) is 16. The van der Waals surface area contributed by atoms with Crippen LogP contribution in [-0.4, -0.2) is 153 Å². The molecule has 4 aliphatic heterocycles. The minimum absolute atomic E-state index is 0. The Morgan fingerprint density at radius 3 is 1.69 bits per heavy atom. The van der Waals surface area contributed by atoms with Crippen LogP contribution in [-0.2, 0) is 9.47 Å². The van der Waals surface area contributed by atoms with E-state index in [9.17, 15) is 18.4 Å². The predicted molar refractivity (Wildman–Crippen MR) is 322 cm³/mol. The minimum Gasteiger partial charge on any atom is -0.494 e. The lowest BCUT2D eigenvalue weighted by atomic mass is 10.0. The molecule has 416 valence electrons. The van der Waals surface area contributed by atoms with E-state index in [1.807, 2.05) is 31.2 Å². The number of anilines is 6. The number of alkyl halides is 1. The minimum atomic E-state index is -0.602. The van der Waals surface area contributed by atoms with Crippen LogP contribution in [0.25, 0.3) is 0 Å². The number of amidine groups is 1.